The Balaban J connectivity index is 1.55. The molecule has 1 saturated heterocycles. The largest absolute Gasteiger partial charge is 0.462 e. The molecule has 0 spiro atoms. The lowest BCUT2D eigenvalue weighted by Crippen LogP contribution is -2.49. The Kier molecular flexibility index (Phi) is 7.65. The lowest BCUT2D eigenvalue weighted by atomic mass is 10.1. The van der Waals surface area contributed by atoms with Gasteiger partial charge in [-0.15, -0.1) is 0 Å². The number of nitrogens with one attached hydrogen (secondary N) is 1. The number of carbonyl (C=O) groups excluding carboxylic acids is 4. The minimum absolute atomic E-state index is 0.0320. The van der Waals surface area contributed by atoms with Gasteiger partial charge in [0, 0.05) is 37.8 Å². The van der Waals surface area contributed by atoms with Crippen molar-refractivity contribution >= 4 is 35.1 Å². The Labute approximate surface area is 208 Å². The van der Waals surface area contributed by atoms with Gasteiger partial charge in [0.15, 0.2) is 0 Å². The summed E-state index contributed by atoms with van der Waals surface area (Å²) in [5.74, 6) is -1.61. The first kappa shape index (κ1) is 24.9. The lowest BCUT2D eigenvalue weighted by Gasteiger charge is -2.37. The molecule has 0 atom stereocenters. The van der Waals surface area contributed by atoms with Crippen LogP contribution >= 0.6 is 0 Å². The topological polar surface area (TPSA) is 119 Å². The Morgan fingerprint density at radius 1 is 1.00 bits per heavy atom. The molecule has 0 aromatic heterocycles. The van der Waals surface area contributed by atoms with Crippen LogP contribution in [0.3, 0.4) is 0 Å². The maximum Gasteiger partial charge on any atom is 0.338 e. The molecular formula is C26H28N4O6. The molecule has 2 aromatic carbocycles. The van der Waals surface area contributed by atoms with Gasteiger partial charge in [0.2, 0.25) is 0 Å². The van der Waals surface area contributed by atoms with Crippen LogP contribution < -0.4 is 10.2 Å². The predicted octanol–water partition coefficient (Wildman–Crippen LogP) is 1.48. The summed E-state index contributed by atoms with van der Waals surface area (Å²) in [6, 6.07) is 14.1. The summed E-state index contributed by atoms with van der Waals surface area (Å²) in [7, 11) is 0. The molecule has 1 fully saturated rings. The fourth-order valence-electron chi connectivity index (χ4n) is 4.22. The molecule has 4 rings (SSSR count). The highest BCUT2D eigenvalue weighted by molar-refractivity contribution is 6.17. The number of imide groups is 1. The molecule has 2 aromatic rings. The standard InChI is InChI=1S/C26H28N4O6/c1-2-36-26(35)19-8-9-22(20(16-19)27-21-17-23(32)30(14-15-31)25(21)34)28-10-12-29(13-11-28)24(33)18-6-4-3-5-7-18/h3-9,16-17,27,31H,2,10-15H2,1H3. The van der Waals surface area contributed by atoms with Crippen LogP contribution in [0.4, 0.5) is 11.4 Å². The van der Waals surface area contributed by atoms with Crippen LogP contribution in [-0.2, 0) is 14.3 Å². The minimum Gasteiger partial charge on any atom is -0.462 e. The smallest absolute Gasteiger partial charge is 0.338 e. The van der Waals surface area contributed by atoms with Crippen LogP contribution in [0.5, 0.6) is 0 Å². The van der Waals surface area contributed by atoms with Crippen LogP contribution in [0.15, 0.2) is 60.3 Å². The number of carbonyl (C=O) groups is 4. The second kappa shape index (κ2) is 11.0. The number of anilines is 2. The quantitative estimate of drug-likeness (QED) is 0.420. The van der Waals surface area contributed by atoms with Gasteiger partial charge >= 0.3 is 5.97 Å². The number of piperazine rings is 1. The molecule has 0 bridgehead atoms. The van der Waals surface area contributed by atoms with Crippen molar-refractivity contribution in [2.45, 2.75) is 6.92 Å². The van der Waals surface area contributed by atoms with Crippen molar-refractivity contribution in [2.24, 2.45) is 0 Å². The zero-order valence-electron chi connectivity index (χ0n) is 20.0. The molecule has 2 aliphatic rings. The van der Waals surface area contributed by atoms with Gasteiger partial charge in [-0.05, 0) is 37.3 Å². The number of rotatable bonds is 8. The first-order valence-corrected chi connectivity index (χ1v) is 11.8. The molecular weight excluding hydrogens is 464 g/mol. The van der Waals surface area contributed by atoms with Crippen LogP contribution in [0, 0.1) is 0 Å². The van der Waals surface area contributed by atoms with Gasteiger partial charge in [0.05, 0.1) is 36.7 Å². The second-order valence-corrected chi connectivity index (χ2v) is 8.30. The normalized spacial score (nSPS) is 15.7. The van der Waals surface area contributed by atoms with Crippen LogP contribution in [0.25, 0.3) is 0 Å². The third-order valence-corrected chi connectivity index (χ3v) is 6.04. The zero-order chi connectivity index (χ0) is 25.7. The highest BCUT2D eigenvalue weighted by atomic mass is 16.5. The van der Waals surface area contributed by atoms with Crippen LogP contribution in [-0.4, -0.2) is 84.5 Å². The maximum atomic E-state index is 12.8. The van der Waals surface area contributed by atoms with E-state index in [-0.39, 0.29) is 31.4 Å². The monoisotopic (exact) mass is 492 g/mol. The molecule has 3 amide bonds. The van der Waals surface area contributed by atoms with E-state index in [1.807, 2.05) is 18.2 Å². The number of ether oxygens (including phenoxy) is 1. The average molecular weight is 493 g/mol. The minimum atomic E-state index is -0.556. The molecule has 0 radical (unpaired) electrons. The zero-order valence-corrected chi connectivity index (χ0v) is 20.0. The number of esters is 1. The molecule has 0 unspecified atom stereocenters. The van der Waals surface area contributed by atoms with E-state index >= 15 is 0 Å². The molecule has 2 N–H and O–H groups in total. The van der Waals surface area contributed by atoms with E-state index in [0.717, 1.165) is 10.6 Å². The van der Waals surface area contributed by atoms with Crippen molar-refractivity contribution in [3.63, 3.8) is 0 Å². The number of hydrogen-bond acceptors (Lipinski definition) is 8. The number of β-amino-alcohol motifs (C(OH)–C–C–N with tert-alkyl or cyclic N) is 1. The number of hydrogen-bond donors (Lipinski definition) is 2. The third-order valence-electron chi connectivity index (χ3n) is 6.04. The van der Waals surface area contributed by atoms with E-state index < -0.39 is 17.8 Å². The summed E-state index contributed by atoms with van der Waals surface area (Å²) in [6.45, 7) is 3.55. The van der Waals surface area contributed by atoms with E-state index in [1.54, 1.807) is 42.2 Å². The van der Waals surface area contributed by atoms with Gasteiger partial charge in [0.1, 0.15) is 5.70 Å². The molecule has 10 nitrogen and oxygen atoms in total. The van der Waals surface area contributed by atoms with Gasteiger partial charge in [-0.2, -0.15) is 0 Å². The third kappa shape index (κ3) is 5.23. The molecule has 188 valence electrons. The second-order valence-electron chi connectivity index (χ2n) is 8.30. The van der Waals surface area contributed by atoms with Crippen molar-refractivity contribution < 1.29 is 29.0 Å². The first-order chi connectivity index (χ1) is 17.4. The summed E-state index contributed by atoms with van der Waals surface area (Å²) >= 11 is 0. The van der Waals surface area contributed by atoms with Crippen molar-refractivity contribution in [2.75, 3.05) is 56.2 Å². The Morgan fingerprint density at radius 3 is 2.39 bits per heavy atom. The summed E-state index contributed by atoms with van der Waals surface area (Å²) in [5.41, 5.74) is 2.16. The highest BCUT2D eigenvalue weighted by Gasteiger charge is 2.32. The summed E-state index contributed by atoms with van der Waals surface area (Å²) in [5, 5.41) is 12.2. The van der Waals surface area contributed by atoms with Crippen LogP contribution in [0.1, 0.15) is 27.6 Å². The van der Waals surface area contributed by atoms with E-state index in [4.69, 9.17) is 9.84 Å². The number of aliphatic hydroxyl groups is 1. The number of nitrogens with zero attached hydrogens (tertiary/aromatic N) is 3. The van der Waals surface area contributed by atoms with E-state index in [2.05, 4.69) is 10.2 Å². The predicted molar refractivity (Wildman–Crippen MR) is 132 cm³/mol. The first-order valence-electron chi connectivity index (χ1n) is 11.8. The van der Waals surface area contributed by atoms with Gasteiger partial charge < -0.3 is 25.0 Å². The summed E-state index contributed by atoms with van der Waals surface area (Å²) in [4.78, 5) is 54.8. The van der Waals surface area contributed by atoms with Crippen LogP contribution in [0.2, 0.25) is 0 Å². The SMILES string of the molecule is CCOC(=O)c1ccc(N2CCN(C(=O)c3ccccc3)CC2)c(NC2=CC(=O)N(CCO)C2=O)c1. The number of aliphatic hydroxyl groups excluding tert-OH is 1. The van der Waals surface area contributed by atoms with E-state index in [0.29, 0.717) is 43.0 Å². The van der Waals surface area contributed by atoms with Crippen molar-refractivity contribution in [1.29, 1.82) is 0 Å². The molecule has 0 aliphatic carbocycles. The van der Waals surface area contributed by atoms with E-state index in [1.165, 1.54) is 6.08 Å². The highest BCUT2D eigenvalue weighted by Crippen LogP contribution is 2.31. The number of benzene rings is 2. The van der Waals surface area contributed by atoms with E-state index in [9.17, 15) is 19.2 Å². The van der Waals surface area contributed by atoms with Gasteiger partial charge in [-0.1, -0.05) is 18.2 Å². The molecule has 2 heterocycles. The maximum absolute atomic E-state index is 12.8. The average Bonchev–Trinajstić information content (AvgIpc) is 3.16. The Hall–Kier alpha value is -4.18. The van der Waals surface area contributed by atoms with Gasteiger partial charge in [-0.3, -0.25) is 19.3 Å². The summed E-state index contributed by atoms with van der Waals surface area (Å²) < 4.78 is 5.11. The molecule has 10 heteroatoms. The molecule has 2 aliphatic heterocycles. The van der Waals surface area contributed by atoms with Crippen molar-refractivity contribution in [3.05, 3.63) is 71.4 Å². The fraction of sp³-hybridized carbons (Fsp3) is 0.308. The molecule has 0 saturated carbocycles. The summed E-state index contributed by atoms with van der Waals surface area (Å²) in [6.07, 6.45) is 1.18. The van der Waals surface area contributed by atoms with Gasteiger partial charge in [-0.25, -0.2) is 4.79 Å². The fourth-order valence-corrected chi connectivity index (χ4v) is 4.22. The van der Waals surface area contributed by atoms with Gasteiger partial charge in [0.25, 0.3) is 17.7 Å². The molecule has 36 heavy (non-hydrogen) atoms. The Morgan fingerprint density at radius 2 is 1.72 bits per heavy atom. The lowest BCUT2D eigenvalue weighted by molar-refractivity contribution is -0.137. The van der Waals surface area contributed by atoms with Crippen molar-refractivity contribution in [1.82, 2.24) is 9.80 Å². The van der Waals surface area contributed by atoms with Crippen molar-refractivity contribution in [3.8, 4) is 0 Å². The number of amides is 3. The Bertz CT molecular complexity index is 1190.